The van der Waals surface area contributed by atoms with Crippen LogP contribution in [0.5, 0.6) is 5.75 Å². The molecule has 0 aliphatic carbocycles. The zero-order chi connectivity index (χ0) is 19.4. The van der Waals surface area contributed by atoms with Crippen molar-refractivity contribution in [2.24, 2.45) is 0 Å². The summed E-state index contributed by atoms with van der Waals surface area (Å²) in [6.45, 7) is 6.63. The first-order valence-corrected chi connectivity index (χ1v) is 9.08. The van der Waals surface area contributed by atoms with Gasteiger partial charge in [0.1, 0.15) is 11.6 Å². The fourth-order valence-electron chi connectivity index (χ4n) is 2.78. The fourth-order valence-corrected chi connectivity index (χ4v) is 2.94. The van der Waals surface area contributed by atoms with Crippen molar-refractivity contribution in [2.75, 3.05) is 17.7 Å². The average Bonchev–Trinajstić information content (AvgIpc) is 2.62. The van der Waals surface area contributed by atoms with Crippen LogP contribution >= 0.6 is 11.6 Å². The number of rotatable bonds is 6. The van der Waals surface area contributed by atoms with E-state index in [2.05, 4.69) is 45.7 Å². The molecule has 6 heteroatoms. The zero-order valence-corrected chi connectivity index (χ0v) is 16.7. The number of halogens is 1. The molecule has 0 aliphatic heterocycles. The number of methoxy groups -OCH3 is 1. The Labute approximate surface area is 164 Å². The van der Waals surface area contributed by atoms with Crippen molar-refractivity contribution in [2.45, 2.75) is 27.3 Å². The normalized spacial score (nSPS) is 10.6. The summed E-state index contributed by atoms with van der Waals surface area (Å²) in [4.78, 5) is 9.04. The maximum Gasteiger partial charge on any atom is 0.225 e. The molecule has 5 nitrogen and oxygen atoms in total. The van der Waals surface area contributed by atoms with E-state index in [9.17, 15) is 0 Å². The van der Waals surface area contributed by atoms with Gasteiger partial charge in [-0.2, -0.15) is 4.98 Å². The molecule has 0 spiro atoms. The third-order valence-electron chi connectivity index (χ3n) is 4.13. The number of aromatic nitrogens is 2. The van der Waals surface area contributed by atoms with E-state index in [0.717, 1.165) is 16.9 Å². The predicted molar refractivity (Wildman–Crippen MR) is 111 cm³/mol. The van der Waals surface area contributed by atoms with Gasteiger partial charge in [0.15, 0.2) is 0 Å². The molecule has 0 aliphatic rings. The minimum atomic E-state index is 0.573. The van der Waals surface area contributed by atoms with Crippen LogP contribution < -0.4 is 15.4 Å². The average molecular weight is 383 g/mol. The molecule has 0 radical (unpaired) electrons. The monoisotopic (exact) mass is 382 g/mol. The molecule has 0 atom stereocenters. The smallest absolute Gasteiger partial charge is 0.225 e. The Balaban J connectivity index is 1.80. The van der Waals surface area contributed by atoms with Crippen LogP contribution in [0.25, 0.3) is 0 Å². The quantitative estimate of drug-likeness (QED) is 0.596. The molecule has 0 amide bonds. The number of hydrogen-bond acceptors (Lipinski definition) is 5. The molecule has 1 aromatic heterocycles. The van der Waals surface area contributed by atoms with E-state index in [0.29, 0.717) is 29.1 Å². The first kappa shape index (κ1) is 19.0. The summed E-state index contributed by atoms with van der Waals surface area (Å²) < 4.78 is 5.42. The van der Waals surface area contributed by atoms with Crippen molar-refractivity contribution >= 4 is 29.1 Å². The lowest BCUT2D eigenvalue weighted by Crippen LogP contribution is -2.07. The Hall–Kier alpha value is -2.79. The van der Waals surface area contributed by atoms with Crippen LogP contribution in [0.15, 0.2) is 42.5 Å². The lowest BCUT2D eigenvalue weighted by Gasteiger charge is -2.14. The summed E-state index contributed by atoms with van der Waals surface area (Å²) >= 11 is 6.19. The maximum absolute atomic E-state index is 6.19. The van der Waals surface area contributed by atoms with E-state index in [-0.39, 0.29) is 0 Å². The third-order valence-corrected chi connectivity index (χ3v) is 4.54. The van der Waals surface area contributed by atoms with Crippen LogP contribution in [-0.4, -0.2) is 17.1 Å². The molecule has 0 saturated carbocycles. The summed E-state index contributed by atoms with van der Waals surface area (Å²) in [5.74, 6) is 1.93. The molecule has 140 valence electrons. The summed E-state index contributed by atoms with van der Waals surface area (Å²) in [6.07, 6.45) is 0. The third kappa shape index (κ3) is 4.89. The van der Waals surface area contributed by atoms with Gasteiger partial charge in [-0.1, -0.05) is 41.4 Å². The molecule has 3 rings (SSSR count). The number of nitrogens with zero attached hydrogens (tertiary/aromatic N) is 2. The standard InChI is InChI=1S/C21H23ClN4O/c1-13-6-5-7-16(8-13)12-23-21-24-15(3)10-20(26-21)25-18-9-14(2)17(22)11-19(18)27-4/h5-11H,12H2,1-4H3,(H2,23,24,25,26). The minimum Gasteiger partial charge on any atom is -0.495 e. The number of anilines is 3. The van der Waals surface area contributed by atoms with E-state index in [1.165, 1.54) is 11.1 Å². The van der Waals surface area contributed by atoms with Crippen LogP contribution in [0.3, 0.4) is 0 Å². The number of benzene rings is 2. The van der Waals surface area contributed by atoms with Gasteiger partial charge in [-0.15, -0.1) is 0 Å². The van der Waals surface area contributed by atoms with Crippen molar-refractivity contribution in [1.82, 2.24) is 9.97 Å². The number of ether oxygens (including phenoxy) is 1. The van der Waals surface area contributed by atoms with Crippen molar-refractivity contribution < 1.29 is 4.74 Å². The lowest BCUT2D eigenvalue weighted by molar-refractivity contribution is 0.416. The molecule has 27 heavy (non-hydrogen) atoms. The van der Waals surface area contributed by atoms with E-state index >= 15 is 0 Å². The van der Waals surface area contributed by atoms with Crippen molar-refractivity contribution in [1.29, 1.82) is 0 Å². The van der Waals surface area contributed by atoms with Crippen molar-refractivity contribution in [3.05, 3.63) is 69.9 Å². The second kappa shape index (κ2) is 8.27. The Morgan fingerprint density at radius 3 is 2.59 bits per heavy atom. The molecule has 2 N–H and O–H groups in total. The van der Waals surface area contributed by atoms with E-state index in [4.69, 9.17) is 16.3 Å². The molecular formula is C21H23ClN4O. The van der Waals surface area contributed by atoms with Gasteiger partial charge in [0.2, 0.25) is 5.95 Å². The Morgan fingerprint density at radius 2 is 1.85 bits per heavy atom. The van der Waals surface area contributed by atoms with Gasteiger partial charge < -0.3 is 15.4 Å². The highest BCUT2D eigenvalue weighted by molar-refractivity contribution is 6.31. The van der Waals surface area contributed by atoms with Gasteiger partial charge in [-0.05, 0) is 38.0 Å². The Morgan fingerprint density at radius 1 is 1.04 bits per heavy atom. The molecule has 1 heterocycles. The highest BCUT2D eigenvalue weighted by Crippen LogP contribution is 2.32. The van der Waals surface area contributed by atoms with Crippen LogP contribution in [0.1, 0.15) is 22.4 Å². The van der Waals surface area contributed by atoms with Gasteiger partial charge in [0.05, 0.1) is 12.8 Å². The van der Waals surface area contributed by atoms with E-state index in [1.807, 2.05) is 32.0 Å². The van der Waals surface area contributed by atoms with Crippen molar-refractivity contribution in [3.8, 4) is 5.75 Å². The molecule has 0 saturated heterocycles. The van der Waals surface area contributed by atoms with Gasteiger partial charge in [-0.3, -0.25) is 0 Å². The molecule has 0 unspecified atom stereocenters. The summed E-state index contributed by atoms with van der Waals surface area (Å²) in [7, 11) is 1.62. The highest BCUT2D eigenvalue weighted by atomic mass is 35.5. The first-order valence-electron chi connectivity index (χ1n) is 8.71. The summed E-state index contributed by atoms with van der Waals surface area (Å²) in [5.41, 5.74) is 5.05. The minimum absolute atomic E-state index is 0.573. The van der Waals surface area contributed by atoms with Gasteiger partial charge >= 0.3 is 0 Å². The number of hydrogen-bond donors (Lipinski definition) is 2. The number of nitrogens with one attached hydrogen (secondary N) is 2. The number of aryl methyl sites for hydroxylation is 3. The van der Waals surface area contributed by atoms with Crippen LogP contribution in [0.4, 0.5) is 17.5 Å². The Kier molecular flexibility index (Phi) is 5.81. The van der Waals surface area contributed by atoms with Crippen LogP contribution in [0.2, 0.25) is 5.02 Å². The van der Waals surface area contributed by atoms with Gasteiger partial charge in [-0.25, -0.2) is 4.98 Å². The molecule has 2 aromatic carbocycles. The zero-order valence-electron chi connectivity index (χ0n) is 15.9. The summed E-state index contributed by atoms with van der Waals surface area (Å²) in [6, 6.07) is 14.0. The lowest BCUT2D eigenvalue weighted by atomic mass is 10.1. The fraction of sp³-hybridized carbons (Fsp3) is 0.238. The second-order valence-corrected chi connectivity index (χ2v) is 6.89. The second-order valence-electron chi connectivity index (χ2n) is 6.49. The molecule has 0 bridgehead atoms. The molecular weight excluding hydrogens is 360 g/mol. The van der Waals surface area contributed by atoms with Gasteiger partial charge in [0, 0.05) is 29.4 Å². The van der Waals surface area contributed by atoms with Crippen molar-refractivity contribution in [3.63, 3.8) is 0 Å². The SMILES string of the molecule is COc1cc(Cl)c(C)cc1Nc1cc(C)nc(NCc2cccc(C)c2)n1. The van der Waals surface area contributed by atoms with Gasteiger partial charge in [0.25, 0.3) is 0 Å². The predicted octanol–water partition coefficient (Wildman–Crippen LogP) is 5.42. The van der Waals surface area contributed by atoms with E-state index in [1.54, 1.807) is 13.2 Å². The Bertz CT molecular complexity index is 959. The molecule has 0 fully saturated rings. The largest absolute Gasteiger partial charge is 0.495 e. The highest BCUT2D eigenvalue weighted by Gasteiger charge is 2.09. The van der Waals surface area contributed by atoms with E-state index < -0.39 is 0 Å². The topological polar surface area (TPSA) is 59.1 Å². The molecule has 3 aromatic rings. The van der Waals surface area contributed by atoms with Crippen LogP contribution in [-0.2, 0) is 6.54 Å². The maximum atomic E-state index is 6.19. The van der Waals surface area contributed by atoms with Crippen LogP contribution in [0, 0.1) is 20.8 Å². The summed E-state index contributed by atoms with van der Waals surface area (Å²) in [5, 5.41) is 7.26. The first-order chi connectivity index (χ1) is 12.9.